The summed E-state index contributed by atoms with van der Waals surface area (Å²) in [5.41, 5.74) is 9.09. The average Bonchev–Trinajstić information content (AvgIpc) is 2.80. The highest BCUT2D eigenvalue weighted by Crippen LogP contribution is 2.32. The van der Waals surface area contributed by atoms with Gasteiger partial charge in [0, 0.05) is 22.5 Å². The third-order valence-electron chi connectivity index (χ3n) is 4.00. The van der Waals surface area contributed by atoms with E-state index < -0.39 is 0 Å². The van der Waals surface area contributed by atoms with Gasteiger partial charge in [0.25, 0.3) is 5.91 Å². The number of halogens is 1. The van der Waals surface area contributed by atoms with Crippen molar-refractivity contribution in [1.82, 2.24) is 4.57 Å². The molecule has 0 aliphatic heterocycles. The first kappa shape index (κ1) is 15.6. The van der Waals surface area contributed by atoms with Crippen molar-refractivity contribution in [2.45, 2.75) is 39.7 Å². The molecule has 4 heteroatoms. The molecule has 2 rings (SSSR count). The van der Waals surface area contributed by atoms with Gasteiger partial charge in [-0.1, -0.05) is 37.6 Å². The third-order valence-corrected chi connectivity index (χ3v) is 4.26. The lowest BCUT2D eigenvalue weighted by molar-refractivity contribution is 0.0999. The predicted molar refractivity (Wildman–Crippen MR) is 87.8 cm³/mol. The lowest BCUT2D eigenvalue weighted by Gasteiger charge is -2.21. The van der Waals surface area contributed by atoms with Crippen molar-refractivity contribution in [1.29, 1.82) is 0 Å². The van der Waals surface area contributed by atoms with Gasteiger partial charge in [-0.2, -0.15) is 0 Å². The third kappa shape index (κ3) is 2.98. The van der Waals surface area contributed by atoms with Crippen LogP contribution in [0.1, 0.15) is 48.8 Å². The highest BCUT2D eigenvalue weighted by molar-refractivity contribution is 6.30. The molecule has 0 atom stereocenters. The maximum Gasteiger partial charge on any atom is 0.250 e. The molecule has 3 nitrogen and oxygen atoms in total. The summed E-state index contributed by atoms with van der Waals surface area (Å²) >= 11 is 5.96. The second kappa shape index (κ2) is 6.35. The normalized spacial score (nSPS) is 11.1. The molecule has 0 fully saturated rings. The summed E-state index contributed by atoms with van der Waals surface area (Å²) in [7, 11) is 0. The van der Waals surface area contributed by atoms with E-state index in [2.05, 4.69) is 18.4 Å². The van der Waals surface area contributed by atoms with Crippen molar-refractivity contribution in [2.75, 3.05) is 0 Å². The maximum absolute atomic E-state index is 11.7. The van der Waals surface area contributed by atoms with Gasteiger partial charge in [-0.05, 0) is 43.5 Å². The van der Waals surface area contributed by atoms with E-state index in [0.717, 1.165) is 29.8 Å². The van der Waals surface area contributed by atoms with Crippen LogP contribution in [0, 0.1) is 6.92 Å². The number of nitrogens with two attached hydrogens (primary N) is 1. The topological polar surface area (TPSA) is 48.0 Å². The van der Waals surface area contributed by atoms with Gasteiger partial charge >= 0.3 is 0 Å². The Labute approximate surface area is 130 Å². The van der Waals surface area contributed by atoms with E-state index in [-0.39, 0.29) is 5.91 Å². The lowest BCUT2D eigenvalue weighted by atomic mass is 10.1. The number of benzene rings is 1. The van der Waals surface area contributed by atoms with Gasteiger partial charge in [0.05, 0.1) is 5.56 Å². The molecule has 0 aliphatic rings. The molecule has 2 aromatic rings. The number of carbonyl (C=O) groups excluding carboxylic acids is 1. The quantitative estimate of drug-likeness (QED) is 0.863. The minimum Gasteiger partial charge on any atom is -0.366 e. The first-order chi connectivity index (χ1) is 9.99. The van der Waals surface area contributed by atoms with Gasteiger partial charge in [0.15, 0.2) is 0 Å². The zero-order chi connectivity index (χ0) is 15.6. The molecule has 112 valence electrons. The molecule has 21 heavy (non-hydrogen) atoms. The number of nitrogens with zero attached hydrogens (tertiary/aromatic N) is 1. The fourth-order valence-corrected chi connectivity index (χ4v) is 2.96. The SMILES string of the molecule is CCC(CC)n1c(-c2ccc(Cl)cc2)cc(C(N)=O)c1C. The summed E-state index contributed by atoms with van der Waals surface area (Å²) < 4.78 is 2.23. The molecular weight excluding hydrogens is 284 g/mol. The van der Waals surface area contributed by atoms with E-state index >= 15 is 0 Å². The number of rotatable bonds is 5. The zero-order valence-corrected chi connectivity index (χ0v) is 13.4. The highest BCUT2D eigenvalue weighted by Gasteiger charge is 2.20. The van der Waals surface area contributed by atoms with E-state index in [1.54, 1.807) is 0 Å². The van der Waals surface area contributed by atoms with Crippen LogP contribution < -0.4 is 5.73 Å². The lowest BCUT2D eigenvalue weighted by Crippen LogP contribution is -2.14. The van der Waals surface area contributed by atoms with Crippen molar-refractivity contribution < 1.29 is 4.79 Å². The van der Waals surface area contributed by atoms with Gasteiger partial charge in [-0.15, -0.1) is 0 Å². The summed E-state index contributed by atoms with van der Waals surface area (Å²) in [6, 6.07) is 9.91. The summed E-state index contributed by atoms with van der Waals surface area (Å²) in [5.74, 6) is -0.382. The summed E-state index contributed by atoms with van der Waals surface area (Å²) in [6.45, 7) is 6.27. The second-order valence-electron chi connectivity index (χ2n) is 5.24. The summed E-state index contributed by atoms with van der Waals surface area (Å²) in [5, 5.41) is 0.700. The number of primary amides is 1. The molecule has 0 unspecified atom stereocenters. The van der Waals surface area contributed by atoms with E-state index in [0.29, 0.717) is 16.6 Å². The molecule has 0 radical (unpaired) electrons. The molecule has 1 heterocycles. The molecule has 1 aromatic heterocycles. The van der Waals surface area contributed by atoms with E-state index in [1.807, 2.05) is 37.3 Å². The van der Waals surface area contributed by atoms with Crippen LogP contribution in [0.5, 0.6) is 0 Å². The molecule has 0 saturated carbocycles. The van der Waals surface area contributed by atoms with E-state index in [1.165, 1.54) is 0 Å². The molecule has 0 spiro atoms. The van der Waals surface area contributed by atoms with Gasteiger partial charge < -0.3 is 10.3 Å². The standard InChI is InChI=1S/C17H21ClN2O/c1-4-14(5-2)20-11(3)15(17(19)21)10-16(20)12-6-8-13(18)9-7-12/h6-10,14H,4-5H2,1-3H3,(H2,19,21). The Balaban J connectivity index is 2.65. The fourth-order valence-electron chi connectivity index (χ4n) is 2.84. The molecular formula is C17H21ClN2O. The molecule has 0 bridgehead atoms. The fraction of sp³-hybridized carbons (Fsp3) is 0.353. The van der Waals surface area contributed by atoms with Crippen LogP contribution in [-0.2, 0) is 0 Å². The maximum atomic E-state index is 11.7. The number of carbonyl (C=O) groups is 1. The first-order valence-electron chi connectivity index (χ1n) is 7.27. The van der Waals surface area contributed by atoms with Crippen molar-refractivity contribution in [3.8, 4) is 11.3 Å². The van der Waals surface area contributed by atoms with Gasteiger partial charge in [0.1, 0.15) is 0 Å². The number of hydrogen-bond acceptors (Lipinski definition) is 1. The van der Waals surface area contributed by atoms with Crippen LogP contribution >= 0.6 is 11.6 Å². The van der Waals surface area contributed by atoms with Crippen LogP contribution in [0.4, 0.5) is 0 Å². The Bertz CT molecular complexity index is 640. The monoisotopic (exact) mass is 304 g/mol. The van der Waals surface area contributed by atoms with Crippen LogP contribution in [0.25, 0.3) is 11.3 Å². The van der Waals surface area contributed by atoms with Crippen molar-refractivity contribution in [3.63, 3.8) is 0 Å². The predicted octanol–water partition coefficient (Wildman–Crippen LogP) is 4.58. The largest absolute Gasteiger partial charge is 0.366 e. The number of hydrogen-bond donors (Lipinski definition) is 1. The number of aromatic nitrogens is 1. The van der Waals surface area contributed by atoms with Crippen molar-refractivity contribution in [2.24, 2.45) is 5.73 Å². The van der Waals surface area contributed by atoms with E-state index in [4.69, 9.17) is 17.3 Å². The van der Waals surface area contributed by atoms with Crippen LogP contribution in [0.2, 0.25) is 5.02 Å². The highest BCUT2D eigenvalue weighted by atomic mass is 35.5. The molecule has 2 N–H and O–H groups in total. The minimum atomic E-state index is -0.382. The van der Waals surface area contributed by atoms with Crippen LogP contribution in [-0.4, -0.2) is 10.5 Å². The van der Waals surface area contributed by atoms with E-state index in [9.17, 15) is 4.79 Å². The van der Waals surface area contributed by atoms with Gasteiger partial charge in [0.2, 0.25) is 0 Å². The van der Waals surface area contributed by atoms with Gasteiger partial charge in [-0.25, -0.2) is 0 Å². The Morgan fingerprint density at radius 2 is 1.81 bits per heavy atom. The van der Waals surface area contributed by atoms with Crippen molar-refractivity contribution >= 4 is 17.5 Å². The van der Waals surface area contributed by atoms with Crippen LogP contribution in [0.3, 0.4) is 0 Å². The first-order valence-corrected chi connectivity index (χ1v) is 7.64. The second-order valence-corrected chi connectivity index (χ2v) is 5.68. The van der Waals surface area contributed by atoms with Crippen molar-refractivity contribution in [3.05, 3.63) is 46.6 Å². The number of amides is 1. The Kier molecular flexibility index (Phi) is 4.73. The average molecular weight is 305 g/mol. The molecule has 1 aromatic carbocycles. The minimum absolute atomic E-state index is 0.351. The molecule has 0 aliphatic carbocycles. The molecule has 1 amide bonds. The zero-order valence-electron chi connectivity index (χ0n) is 12.7. The Hall–Kier alpha value is -1.74. The Morgan fingerprint density at radius 3 is 2.29 bits per heavy atom. The Morgan fingerprint density at radius 1 is 1.24 bits per heavy atom. The summed E-state index contributed by atoms with van der Waals surface area (Å²) in [4.78, 5) is 11.7. The molecule has 0 saturated heterocycles. The van der Waals surface area contributed by atoms with Gasteiger partial charge in [-0.3, -0.25) is 4.79 Å². The van der Waals surface area contributed by atoms with Crippen LogP contribution in [0.15, 0.2) is 30.3 Å². The summed E-state index contributed by atoms with van der Waals surface area (Å²) in [6.07, 6.45) is 2.01. The smallest absolute Gasteiger partial charge is 0.250 e.